The zero-order chi connectivity index (χ0) is 8.48. The van der Waals surface area contributed by atoms with Crippen molar-refractivity contribution in [2.75, 3.05) is 7.11 Å². The second kappa shape index (κ2) is 2.80. The van der Waals surface area contributed by atoms with Crippen LogP contribution in [0.15, 0.2) is 0 Å². The van der Waals surface area contributed by atoms with Crippen molar-refractivity contribution in [2.45, 2.75) is 38.0 Å². The van der Waals surface area contributed by atoms with Crippen LogP contribution in [0, 0.1) is 11.3 Å². The van der Waals surface area contributed by atoms with Crippen LogP contribution in [-0.4, -0.2) is 24.8 Å². The van der Waals surface area contributed by atoms with Gasteiger partial charge in [-0.25, -0.2) is 0 Å². The number of methoxy groups -OCH3 is 1. The molecule has 0 aromatic heterocycles. The first-order valence-electron chi connectivity index (χ1n) is 3.83. The van der Waals surface area contributed by atoms with E-state index in [-0.39, 0.29) is 11.6 Å². The number of nitrogens with one attached hydrogen (secondary N) is 1. The van der Waals surface area contributed by atoms with Crippen LogP contribution in [-0.2, 0) is 4.74 Å². The van der Waals surface area contributed by atoms with Gasteiger partial charge in [0.1, 0.15) is 0 Å². The van der Waals surface area contributed by atoms with Crippen LogP contribution < -0.4 is 5.32 Å². The molecule has 0 aromatic rings. The van der Waals surface area contributed by atoms with E-state index in [9.17, 15) is 0 Å². The molecule has 0 spiro atoms. The quantitative estimate of drug-likeness (QED) is 0.649. The number of rotatable bonds is 3. The Bertz CT molecular complexity index is 187. The summed E-state index contributed by atoms with van der Waals surface area (Å²) in [7, 11) is 1.71. The highest BCUT2D eigenvalue weighted by Crippen LogP contribution is 2.38. The molecule has 1 fully saturated rings. The Morgan fingerprint density at radius 1 is 1.82 bits per heavy atom. The zero-order valence-corrected chi connectivity index (χ0v) is 7.22. The lowest BCUT2D eigenvalue weighted by atomic mass is 10.3. The van der Waals surface area contributed by atoms with Gasteiger partial charge in [0.25, 0.3) is 0 Å². The third-order valence-corrected chi connectivity index (χ3v) is 2.30. The molecule has 1 saturated carbocycles. The summed E-state index contributed by atoms with van der Waals surface area (Å²) in [5, 5.41) is 11.7. The van der Waals surface area contributed by atoms with Gasteiger partial charge in [0.2, 0.25) is 0 Å². The van der Waals surface area contributed by atoms with E-state index in [0.717, 1.165) is 6.42 Å². The van der Waals surface area contributed by atoms with Crippen molar-refractivity contribution in [3.8, 4) is 6.07 Å². The molecule has 0 amide bonds. The summed E-state index contributed by atoms with van der Waals surface area (Å²) in [5.41, 5.74) is -0.0227. The fourth-order valence-electron chi connectivity index (χ4n) is 1.15. The van der Waals surface area contributed by atoms with Crippen molar-refractivity contribution < 1.29 is 4.74 Å². The highest BCUT2D eigenvalue weighted by atomic mass is 16.5. The average molecular weight is 154 g/mol. The molecule has 0 saturated heterocycles. The predicted octanol–water partition coefficient (Wildman–Crippen LogP) is 0.665. The van der Waals surface area contributed by atoms with Crippen molar-refractivity contribution in [1.29, 1.82) is 5.26 Å². The van der Waals surface area contributed by atoms with E-state index in [1.165, 1.54) is 0 Å². The summed E-state index contributed by atoms with van der Waals surface area (Å²) in [6, 6.07) is 2.42. The largest absolute Gasteiger partial charge is 0.377 e. The molecule has 0 aliphatic heterocycles. The SMILES string of the molecule is COC1(C)CC1NC(C)C#N. The highest BCUT2D eigenvalue weighted by Gasteiger charge is 2.51. The summed E-state index contributed by atoms with van der Waals surface area (Å²) in [5.74, 6) is 0. The van der Waals surface area contributed by atoms with Crippen molar-refractivity contribution in [2.24, 2.45) is 0 Å². The monoisotopic (exact) mass is 154 g/mol. The van der Waals surface area contributed by atoms with Gasteiger partial charge < -0.3 is 4.74 Å². The van der Waals surface area contributed by atoms with Crippen molar-refractivity contribution in [3.05, 3.63) is 0 Å². The summed E-state index contributed by atoms with van der Waals surface area (Å²) in [6.07, 6.45) is 1.01. The van der Waals surface area contributed by atoms with Gasteiger partial charge in [-0.15, -0.1) is 0 Å². The number of hydrogen-bond acceptors (Lipinski definition) is 3. The van der Waals surface area contributed by atoms with Gasteiger partial charge in [-0.3, -0.25) is 5.32 Å². The highest BCUT2D eigenvalue weighted by molar-refractivity contribution is 5.10. The molecule has 62 valence electrons. The third kappa shape index (κ3) is 1.70. The van der Waals surface area contributed by atoms with E-state index >= 15 is 0 Å². The molecule has 0 radical (unpaired) electrons. The lowest BCUT2D eigenvalue weighted by Crippen LogP contribution is -2.32. The van der Waals surface area contributed by atoms with E-state index in [4.69, 9.17) is 10.00 Å². The summed E-state index contributed by atoms with van der Waals surface area (Å²) in [4.78, 5) is 0. The van der Waals surface area contributed by atoms with E-state index in [0.29, 0.717) is 6.04 Å². The van der Waals surface area contributed by atoms with Crippen molar-refractivity contribution in [1.82, 2.24) is 5.32 Å². The van der Waals surface area contributed by atoms with Crippen LogP contribution >= 0.6 is 0 Å². The smallest absolute Gasteiger partial charge is 0.0927 e. The maximum Gasteiger partial charge on any atom is 0.0927 e. The van der Waals surface area contributed by atoms with Gasteiger partial charge in [-0.05, 0) is 20.3 Å². The Morgan fingerprint density at radius 3 is 2.82 bits per heavy atom. The lowest BCUT2D eigenvalue weighted by Gasteiger charge is -2.10. The molecular weight excluding hydrogens is 140 g/mol. The lowest BCUT2D eigenvalue weighted by molar-refractivity contribution is 0.0868. The topological polar surface area (TPSA) is 45.0 Å². The minimum absolute atomic E-state index is 0.0227. The Hall–Kier alpha value is -0.590. The standard InChI is InChI=1S/C8H14N2O/c1-6(5-9)10-7-4-8(7,2)11-3/h6-7,10H,4H2,1-3H3. The molecule has 1 aliphatic carbocycles. The maximum absolute atomic E-state index is 8.50. The normalized spacial score (nSPS) is 37.8. The Balaban J connectivity index is 2.29. The van der Waals surface area contributed by atoms with Gasteiger partial charge in [0.15, 0.2) is 0 Å². The minimum atomic E-state index is -0.0722. The average Bonchev–Trinajstić information content (AvgIpc) is 2.63. The van der Waals surface area contributed by atoms with Crippen LogP contribution in [0.2, 0.25) is 0 Å². The molecule has 3 nitrogen and oxygen atoms in total. The van der Waals surface area contributed by atoms with Crippen molar-refractivity contribution >= 4 is 0 Å². The molecule has 1 N–H and O–H groups in total. The van der Waals surface area contributed by atoms with E-state index in [1.807, 2.05) is 6.92 Å². The van der Waals surface area contributed by atoms with Crippen LogP contribution in [0.25, 0.3) is 0 Å². The number of ether oxygens (including phenoxy) is 1. The first kappa shape index (κ1) is 8.51. The molecule has 0 aromatic carbocycles. The molecule has 1 rings (SSSR count). The maximum atomic E-state index is 8.50. The van der Waals surface area contributed by atoms with Crippen LogP contribution in [0.5, 0.6) is 0 Å². The summed E-state index contributed by atoms with van der Waals surface area (Å²) < 4.78 is 5.23. The molecular formula is C8H14N2O. The number of nitrogens with zero attached hydrogens (tertiary/aromatic N) is 1. The fourth-order valence-corrected chi connectivity index (χ4v) is 1.15. The van der Waals surface area contributed by atoms with Crippen LogP contribution in [0.1, 0.15) is 20.3 Å². The molecule has 3 unspecified atom stereocenters. The summed E-state index contributed by atoms with van der Waals surface area (Å²) >= 11 is 0. The second-order valence-corrected chi connectivity index (χ2v) is 3.29. The Morgan fingerprint density at radius 2 is 2.45 bits per heavy atom. The molecule has 3 atom stereocenters. The van der Waals surface area contributed by atoms with E-state index in [1.54, 1.807) is 7.11 Å². The van der Waals surface area contributed by atoms with Crippen LogP contribution in [0.4, 0.5) is 0 Å². The van der Waals surface area contributed by atoms with Gasteiger partial charge >= 0.3 is 0 Å². The first-order chi connectivity index (χ1) is 5.12. The Kier molecular flexibility index (Phi) is 2.17. The number of hydrogen-bond donors (Lipinski definition) is 1. The Labute approximate surface area is 67.3 Å². The zero-order valence-electron chi connectivity index (χ0n) is 7.22. The van der Waals surface area contributed by atoms with E-state index in [2.05, 4.69) is 18.3 Å². The van der Waals surface area contributed by atoms with Gasteiger partial charge in [0.05, 0.1) is 17.7 Å². The fraction of sp³-hybridized carbons (Fsp3) is 0.875. The number of nitriles is 1. The molecule has 0 heterocycles. The minimum Gasteiger partial charge on any atom is -0.377 e. The molecule has 0 bridgehead atoms. The van der Waals surface area contributed by atoms with Crippen LogP contribution in [0.3, 0.4) is 0 Å². The van der Waals surface area contributed by atoms with Gasteiger partial charge in [-0.1, -0.05) is 0 Å². The third-order valence-electron chi connectivity index (χ3n) is 2.30. The molecule has 1 aliphatic rings. The predicted molar refractivity (Wildman–Crippen MR) is 42.0 cm³/mol. The van der Waals surface area contributed by atoms with Crippen molar-refractivity contribution in [3.63, 3.8) is 0 Å². The second-order valence-electron chi connectivity index (χ2n) is 3.29. The summed E-state index contributed by atoms with van der Waals surface area (Å²) in [6.45, 7) is 3.91. The molecule has 11 heavy (non-hydrogen) atoms. The molecule has 3 heteroatoms. The van der Waals surface area contributed by atoms with Gasteiger partial charge in [0, 0.05) is 13.2 Å². The van der Waals surface area contributed by atoms with E-state index < -0.39 is 0 Å². The van der Waals surface area contributed by atoms with Gasteiger partial charge in [-0.2, -0.15) is 5.26 Å². The first-order valence-corrected chi connectivity index (χ1v) is 3.83.